The molecule has 366 valence electrons. The number of carbonyl (C=O) groups is 6. The van der Waals surface area contributed by atoms with Crippen molar-refractivity contribution in [2.24, 2.45) is 0 Å². The monoisotopic (exact) mass is 945 g/mol. The van der Waals surface area contributed by atoms with Gasteiger partial charge in [-0.3, -0.25) is 28.8 Å². The molecular weight excluding hydrogens is 881 g/mol. The third kappa shape index (κ3) is 9.99. The molecule has 0 saturated carbocycles. The highest BCUT2D eigenvalue weighted by atomic mass is 16.2. The standard InChI is InChI=1S/C49H64N14O6/c1-29(51-3)45(65)55-39(49(69)61-23-11-21-41(61)47(67)54-35-19-9-15-31-13-5-7-17-33(31)35)27-37-44-43-36(56-58-62(43)24-25-63(44)59-57-37)26-38(52-42(64)28-50-2)48(68)60-22-10-20-40(60)46(66)53-34-18-8-14-30-12-4-6-16-32(30)34/h4-7,12-13,16-17,29,34-35,38-41,50-51H,8-11,14-15,18-28H2,1-3H3,(H,52,64)(H,53,66)(H,54,67)(H,55,65)/t29-,34+,35+,38-,39-,40?,41-/m0/s1. The molecule has 2 aromatic carbocycles. The molecule has 2 aromatic heterocycles. The number of benzene rings is 2. The summed E-state index contributed by atoms with van der Waals surface area (Å²) in [6.45, 7) is 3.11. The maximum absolute atomic E-state index is 14.8. The van der Waals surface area contributed by atoms with Gasteiger partial charge in [-0.1, -0.05) is 59.0 Å². The Kier molecular flexibility index (Phi) is 14.5. The molecule has 6 N–H and O–H groups in total. The zero-order chi connectivity index (χ0) is 48.2. The summed E-state index contributed by atoms with van der Waals surface area (Å²) in [4.78, 5) is 87.6. The van der Waals surface area contributed by atoms with Crippen molar-refractivity contribution in [3.05, 3.63) is 82.2 Å². The van der Waals surface area contributed by atoms with E-state index in [1.807, 2.05) is 24.3 Å². The van der Waals surface area contributed by atoms with Gasteiger partial charge in [-0.2, -0.15) is 0 Å². The van der Waals surface area contributed by atoms with E-state index in [-0.39, 0.29) is 43.3 Å². The minimum absolute atomic E-state index is 0.0451. The van der Waals surface area contributed by atoms with Gasteiger partial charge in [0.15, 0.2) is 0 Å². The summed E-state index contributed by atoms with van der Waals surface area (Å²) < 4.78 is 3.40. The van der Waals surface area contributed by atoms with Crippen LogP contribution in [0.4, 0.5) is 0 Å². The first kappa shape index (κ1) is 47.5. The van der Waals surface area contributed by atoms with Gasteiger partial charge in [0.25, 0.3) is 0 Å². The molecule has 4 aromatic rings. The van der Waals surface area contributed by atoms with E-state index in [0.717, 1.165) is 49.7 Å². The van der Waals surface area contributed by atoms with E-state index < -0.39 is 53.8 Å². The van der Waals surface area contributed by atoms with E-state index in [4.69, 9.17) is 0 Å². The van der Waals surface area contributed by atoms with Gasteiger partial charge in [0, 0.05) is 25.9 Å². The van der Waals surface area contributed by atoms with Crippen molar-refractivity contribution in [2.45, 2.75) is 139 Å². The smallest absolute Gasteiger partial charge is 0.246 e. The van der Waals surface area contributed by atoms with Crippen LogP contribution < -0.4 is 31.9 Å². The fourth-order valence-electron chi connectivity index (χ4n) is 11.0. The molecular formula is C49H64N14O6. The van der Waals surface area contributed by atoms with Crippen LogP contribution in [0.15, 0.2) is 48.5 Å². The number of aryl methyl sites for hydroxylation is 4. The molecule has 2 aliphatic carbocycles. The van der Waals surface area contributed by atoms with Gasteiger partial charge in [-0.15, -0.1) is 10.2 Å². The van der Waals surface area contributed by atoms with Crippen LogP contribution in [0.1, 0.15) is 104 Å². The molecule has 0 bridgehead atoms. The highest BCUT2D eigenvalue weighted by Crippen LogP contribution is 2.34. The lowest BCUT2D eigenvalue weighted by Crippen LogP contribution is -2.56. The maximum Gasteiger partial charge on any atom is 0.246 e. The number of hydrogen-bond donors (Lipinski definition) is 6. The molecule has 6 amide bonds. The molecule has 0 spiro atoms. The van der Waals surface area contributed by atoms with Crippen molar-refractivity contribution in [2.75, 3.05) is 33.7 Å². The molecule has 1 unspecified atom stereocenters. The molecule has 0 radical (unpaired) electrons. The Morgan fingerprint density at radius 1 is 0.623 bits per heavy atom. The van der Waals surface area contributed by atoms with Gasteiger partial charge < -0.3 is 41.7 Å². The van der Waals surface area contributed by atoms with E-state index in [9.17, 15) is 28.8 Å². The van der Waals surface area contributed by atoms with E-state index in [1.54, 1.807) is 40.2 Å². The number of rotatable bonds is 16. The number of likely N-dealkylation sites (tertiary alicyclic amines) is 2. The maximum atomic E-state index is 14.8. The highest BCUT2D eigenvalue weighted by Gasteiger charge is 2.42. The average Bonchev–Trinajstić information content (AvgIpc) is 4.21. The van der Waals surface area contributed by atoms with Crippen molar-refractivity contribution in [3.63, 3.8) is 0 Å². The van der Waals surface area contributed by atoms with E-state index in [2.05, 4.69) is 76.8 Å². The topological polar surface area (TPSA) is 242 Å². The predicted octanol–water partition coefficient (Wildman–Crippen LogP) is 0.802. The fraction of sp³-hybridized carbons (Fsp3) is 0.551. The number of carbonyl (C=O) groups excluding carboxylic acids is 6. The van der Waals surface area contributed by atoms with Crippen LogP contribution in [0, 0.1) is 0 Å². The van der Waals surface area contributed by atoms with Crippen molar-refractivity contribution in [1.82, 2.24) is 71.7 Å². The van der Waals surface area contributed by atoms with Gasteiger partial charge in [-0.05, 0) is 107 Å². The second kappa shape index (κ2) is 21.0. The first-order valence-electron chi connectivity index (χ1n) is 24.7. The number of fused-ring (bicyclic) bond motifs is 5. The van der Waals surface area contributed by atoms with Crippen LogP contribution in [0.3, 0.4) is 0 Å². The second-order valence-electron chi connectivity index (χ2n) is 19.0. The predicted molar refractivity (Wildman–Crippen MR) is 253 cm³/mol. The third-order valence-corrected chi connectivity index (χ3v) is 14.6. The number of hydrogen-bond acceptors (Lipinski definition) is 12. The van der Waals surface area contributed by atoms with Gasteiger partial charge in [-0.25, -0.2) is 9.36 Å². The first-order chi connectivity index (χ1) is 33.5. The Labute approximate surface area is 401 Å². The average molecular weight is 945 g/mol. The Balaban J connectivity index is 0.962. The third-order valence-electron chi connectivity index (χ3n) is 14.6. The lowest BCUT2D eigenvalue weighted by molar-refractivity contribution is -0.141. The Bertz CT molecular complexity index is 2580. The zero-order valence-corrected chi connectivity index (χ0v) is 39.7. The van der Waals surface area contributed by atoms with Gasteiger partial charge >= 0.3 is 0 Å². The Morgan fingerprint density at radius 3 is 1.58 bits per heavy atom. The number of likely N-dealkylation sites (N-methyl/N-ethyl adjacent to an activating group) is 2. The fourth-order valence-corrected chi connectivity index (χ4v) is 11.0. The van der Waals surface area contributed by atoms with Crippen molar-refractivity contribution in [3.8, 4) is 11.4 Å². The van der Waals surface area contributed by atoms with Gasteiger partial charge in [0.1, 0.15) is 35.6 Å². The summed E-state index contributed by atoms with van der Waals surface area (Å²) in [6.07, 6.45) is 7.49. The quantitative estimate of drug-likeness (QED) is 0.0915. The number of nitrogens with one attached hydrogen (secondary N) is 6. The number of nitrogens with zero attached hydrogens (tertiary/aromatic N) is 8. The molecule has 3 aliphatic heterocycles. The second-order valence-corrected chi connectivity index (χ2v) is 19.0. The lowest BCUT2D eigenvalue weighted by atomic mass is 9.87. The molecule has 9 rings (SSSR count). The van der Waals surface area contributed by atoms with Crippen LogP contribution in [0.25, 0.3) is 11.4 Å². The summed E-state index contributed by atoms with van der Waals surface area (Å²) in [5.41, 5.74) is 6.44. The largest absolute Gasteiger partial charge is 0.347 e. The SMILES string of the molecule is CNCC(=O)N[C@@H](Cc1nnn2c1-c1c(C[C@H](NC(=O)[C@H](C)NC)C(=O)N3CCC[C@H]3C(=O)N[C@@H]3CCCc4ccccc43)nnn1CC2)C(=O)N1CCCC1C(=O)N[C@@H]1CCCc2ccccc21. The van der Waals surface area contributed by atoms with Crippen LogP contribution >= 0.6 is 0 Å². The normalized spacial score (nSPS) is 21.7. The molecule has 20 heteroatoms. The van der Waals surface area contributed by atoms with E-state index in [1.165, 1.54) is 11.1 Å². The van der Waals surface area contributed by atoms with Crippen LogP contribution in [0.5, 0.6) is 0 Å². The molecule has 2 fully saturated rings. The summed E-state index contributed by atoms with van der Waals surface area (Å²) in [5.74, 6) is -2.08. The molecule has 7 atom stereocenters. The lowest BCUT2D eigenvalue weighted by Gasteiger charge is -2.32. The van der Waals surface area contributed by atoms with Gasteiger partial charge in [0.2, 0.25) is 35.4 Å². The molecule has 5 heterocycles. The van der Waals surface area contributed by atoms with Gasteiger partial charge in [0.05, 0.1) is 49.1 Å². The first-order valence-corrected chi connectivity index (χ1v) is 24.7. The molecule has 20 nitrogen and oxygen atoms in total. The zero-order valence-electron chi connectivity index (χ0n) is 39.7. The number of amides is 6. The molecule has 5 aliphatic rings. The summed E-state index contributed by atoms with van der Waals surface area (Å²) in [7, 11) is 3.30. The van der Waals surface area contributed by atoms with E-state index in [0.29, 0.717) is 74.6 Å². The Morgan fingerprint density at radius 2 is 1.10 bits per heavy atom. The summed E-state index contributed by atoms with van der Waals surface area (Å²) in [6, 6.07) is 11.7. The number of aromatic nitrogens is 6. The van der Waals surface area contributed by atoms with Crippen LogP contribution in [-0.4, -0.2) is 139 Å². The summed E-state index contributed by atoms with van der Waals surface area (Å²) in [5, 5.41) is 36.2. The minimum Gasteiger partial charge on any atom is -0.347 e. The van der Waals surface area contributed by atoms with E-state index >= 15 is 0 Å². The molecule has 2 saturated heterocycles. The van der Waals surface area contributed by atoms with Crippen LogP contribution in [0.2, 0.25) is 0 Å². The molecule has 69 heavy (non-hydrogen) atoms. The van der Waals surface area contributed by atoms with Crippen LogP contribution in [-0.2, 0) is 67.5 Å². The Hall–Kier alpha value is -6.54. The minimum atomic E-state index is -1.12. The van der Waals surface area contributed by atoms with Crippen molar-refractivity contribution in [1.29, 1.82) is 0 Å². The van der Waals surface area contributed by atoms with Crippen molar-refractivity contribution < 1.29 is 28.8 Å². The highest BCUT2D eigenvalue weighted by molar-refractivity contribution is 5.95. The summed E-state index contributed by atoms with van der Waals surface area (Å²) >= 11 is 0. The van der Waals surface area contributed by atoms with Crippen molar-refractivity contribution >= 4 is 35.4 Å².